The molecule has 4 heterocycles. The molecule has 0 N–H and O–H groups in total. The minimum atomic E-state index is -0.351. The zero-order valence-electron chi connectivity index (χ0n) is 25.4. The Morgan fingerprint density at radius 1 is 0.826 bits per heavy atom. The number of ether oxygens (including phenoxy) is 1. The molecule has 6 nitrogen and oxygen atoms in total. The van der Waals surface area contributed by atoms with E-state index < -0.39 is 0 Å². The van der Waals surface area contributed by atoms with Crippen LogP contribution in [0.2, 0.25) is 0 Å². The predicted molar refractivity (Wildman–Crippen MR) is 176 cm³/mol. The van der Waals surface area contributed by atoms with Crippen molar-refractivity contribution in [2.45, 2.75) is 26.7 Å². The molecule has 3 aromatic heterocycles. The number of rotatable bonds is 6. The van der Waals surface area contributed by atoms with Crippen LogP contribution in [0.1, 0.15) is 24.0 Å². The molecule has 0 radical (unpaired) electrons. The maximum Gasteiger partial charge on any atom is 2.00 e. The molecule has 7 aromatic rings. The molecule has 46 heavy (non-hydrogen) atoms. The minimum Gasteiger partial charge on any atom is -0.509 e. The van der Waals surface area contributed by atoms with E-state index in [2.05, 4.69) is 53.1 Å². The number of anilines is 1. The van der Waals surface area contributed by atoms with E-state index in [9.17, 15) is 4.39 Å². The Kier molecular flexibility index (Phi) is 7.95. The quantitative estimate of drug-likeness (QED) is 0.158. The van der Waals surface area contributed by atoms with Crippen LogP contribution in [0.3, 0.4) is 0 Å². The summed E-state index contributed by atoms with van der Waals surface area (Å²) in [6.07, 6.45) is 7.94. The van der Waals surface area contributed by atoms with Gasteiger partial charge in [0.25, 0.3) is 0 Å². The fourth-order valence-corrected chi connectivity index (χ4v) is 6.57. The number of hydrogen-bond acceptors (Lipinski definition) is 4. The van der Waals surface area contributed by atoms with Crippen molar-refractivity contribution in [3.8, 4) is 34.1 Å². The minimum absolute atomic E-state index is 0. The van der Waals surface area contributed by atoms with Crippen molar-refractivity contribution >= 4 is 27.5 Å². The predicted octanol–water partition coefficient (Wildman–Crippen LogP) is 8.78. The van der Waals surface area contributed by atoms with Gasteiger partial charge >= 0.3 is 21.1 Å². The Bertz CT molecular complexity index is 2190. The number of nitrogens with zero attached hydrogens (tertiary/aromatic N) is 5. The molecule has 230 valence electrons. The maximum absolute atomic E-state index is 14.2. The molecule has 0 aliphatic carbocycles. The van der Waals surface area contributed by atoms with Gasteiger partial charge in [0.2, 0.25) is 0 Å². The molecule has 8 rings (SSSR count). The average Bonchev–Trinajstić information content (AvgIpc) is 3.81. The Labute approximate surface area is 281 Å². The Morgan fingerprint density at radius 3 is 2.41 bits per heavy atom. The first-order valence-corrected chi connectivity index (χ1v) is 15.2. The average molecular weight is 787 g/mol. The zero-order valence-corrected chi connectivity index (χ0v) is 27.7. The monoisotopic (exact) mass is 786 g/mol. The third-order valence-electron chi connectivity index (χ3n) is 8.57. The van der Waals surface area contributed by atoms with Gasteiger partial charge in [0.05, 0.1) is 6.20 Å². The van der Waals surface area contributed by atoms with Gasteiger partial charge < -0.3 is 14.2 Å². The van der Waals surface area contributed by atoms with Gasteiger partial charge in [-0.05, 0) is 78.7 Å². The molecular formula is C38H30FN5OPt. The number of benzene rings is 4. The van der Waals surface area contributed by atoms with Crippen LogP contribution in [0.25, 0.3) is 44.4 Å². The molecule has 1 aliphatic heterocycles. The van der Waals surface area contributed by atoms with E-state index in [-0.39, 0.29) is 26.9 Å². The van der Waals surface area contributed by atoms with Crippen LogP contribution in [0, 0.1) is 31.8 Å². The fourth-order valence-electron chi connectivity index (χ4n) is 6.57. The van der Waals surface area contributed by atoms with Crippen molar-refractivity contribution in [2.75, 3.05) is 18.0 Å². The number of fused-ring (bicyclic) bond motifs is 3. The van der Waals surface area contributed by atoms with E-state index in [0.29, 0.717) is 17.3 Å². The van der Waals surface area contributed by atoms with Gasteiger partial charge in [-0.25, -0.2) is 9.37 Å². The summed E-state index contributed by atoms with van der Waals surface area (Å²) in [4.78, 5) is 6.92. The SMILES string of the molecule is Cc1cc(N2CCCC2)cc(C)c1-c1cnn(-c2[c-]c(Oc3[c-]c4c(cc3)c3ccccc3n4-c3cc(F)ccn3)ccc2)c1.[Pt+2]. The topological polar surface area (TPSA) is 48.1 Å². The zero-order chi connectivity index (χ0) is 30.5. The largest absolute Gasteiger partial charge is 2.00 e. The summed E-state index contributed by atoms with van der Waals surface area (Å²) in [5.41, 5.74) is 8.50. The second kappa shape index (κ2) is 12.2. The smallest absolute Gasteiger partial charge is 0.509 e. The van der Waals surface area contributed by atoms with E-state index in [1.807, 2.05) is 76.2 Å². The summed E-state index contributed by atoms with van der Waals surface area (Å²) in [7, 11) is 0. The molecule has 1 aliphatic rings. The normalized spacial score (nSPS) is 13.0. The van der Waals surface area contributed by atoms with Crippen molar-refractivity contribution in [3.63, 3.8) is 0 Å². The molecule has 0 bridgehead atoms. The summed E-state index contributed by atoms with van der Waals surface area (Å²) in [5, 5.41) is 6.69. The van der Waals surface area contributed by atoms with Crippen molar-refractivity contribution < 1.29 is 30.2 Å². The summed E-state index contributed by atoms with van der Waals surface area (Å²) in [6, 6.07) is 31.8. The molecular weight excluding hydrogens is 757 g/mol. The third kappa shape index (κ3) is 5.39. The van der Waals surface area contributed by atoms with Gasteiger partial charge in [-0.1, -0.05) is 23.7 Å². The van der Waals surface area contributed by atoms with Crippen molar-refractivity contribution in [3.05, 3.63) is 127 Å². The molecule has 1 saturated heterocycles. The molecule has 0 spiro atoms. The molecule has 1 fully saturated rings. The Hall–Kier alpha value is -4.74. The number of para-hydroxylation sites is 1. The summed E-state index contributed by atoms with van der Waals surface area (Å²) >= 11 is 0. The first kappa shape index (κ1) is 29.9. The van der Waals surface area contributed by atoms with Crippen LogP contribution in [-0.2, 0) is 21.1 Å². The number of hydrogen-bond donors (Lipinski definition) is 0. The number of halogens is 1. The third-order valence-corrected chi connectivity index (χ3v) is 8.57. The van der Waals surface area contributed by atoms with Crippen LogP contribution >= 0.6 is 0 Å². The van der Waals surface area contributed by atoms with Crippen molar-refractivity contribution in [2.24, 2.45) is 0 Å². The van der Waals surface area contributed by atoms with E-state index in [0.717, 1.165) is 46.1 Å². The van der Waals surface area contributed by atoms with Gasteiger partial charge in [0, 0.05) is 59.8 Å². The molecule has 0 unspecified atom stereocenters. The van der Waals surface area contributed by atoms with Gasteiger partial charge in [0.1, 0.15) is 11.6 Å². The van der Waals surface area contributed by atoms with Crippen LogP contribution < -0.4 is 9.64 Å². The molecule has 0 saturated carbocycles. The van der Waals surface area contributed by atoms with Crippen molar-refractivity contribution in [1.82, 2.24) is 19.3 Å². The van der Waals surface area contributed by atoms with Gasteiger partial charge in [0.15, 0.2) is 0 Å². The van der Waals surface area contributed by atoms with E-state index in [1.165, 1.54) is 53.5 Å². The van der Waals surface area contributed by atoms with Gasteiger partial charge in [-0.3, -0.25) is 4.68 Å². The van der Waals surface area contributed by atoms with Gasteiger partial charge in [-0.15, -0.1) is 35.7 Å². The van der Waals surface area contributed by atoms with E-state index >= 15 is 0 Å². The van der Waals surface area contributed by atoms with Crippen LogP contribution in [-0.4, -0.2) is 32.4 Å². The second-order valence-electron chi connectivity index (χ2n) is 11.6. The number of aryl methyl sites for hydroxylation is 2. The van der Waals surface area contributed by atoms with Crippen LogP contribution in [0.5, 0.6) is 11.5 Å². The van der Waals surface area contributed by atoms with Gasteiger partial charge in [-0.2, -0.15) is 17.2 Å². The number of aromatic nitrogens is 4. The standard InChI is InChI=1S/C38H30FN5O.Pt/c1-25-18-30(42-16-5-6-17-42)19-26(2)38(25)27-23-41-43(24-27)29-8-7-9-31(21-29)45-32-12-13-34-33-10-3-4-11-35(33)44(36(34)22-32)37-20-28(39)14-15-40-37;/h3-4,7-15,18-20,23-24H,5-6,16-17H2,1-2H3;/q-2;+2. The van der Waals surface area contributed by atoms with Crippen LogP contribution in [0.4, 0.5) is 10.1 Å². The fraction of sp³-hybridized carbons (Fsp3) is 0.158. The molecule has 4 aromatic carbocycles. The summed E-state index contributed by atoms with van der Waals surface area (Å²) in [6.45, 7) is 6.61. The Balaban J connectivity index is 0.00000338. The maximum atomic E-state index is 14.2. The molecule has 8 heteroatoms. The Morgan fingerprint density at radius 2 is 1.61 bits per heavy atom. The van der Waals surface area contributed by atoms with E-state index in [4.69, 9.17) is 4.74 Å². The summed E-state index contributed by atoms with van der Waals surface area (Å²) in [5.74, 6) is 1.18. The van der Waals surface area contributed by atoms with Crippen molar-refractivity contribution in [1.29, 1.82) is 0 Å². The number of pyridine rings is 1. The first-order valence-electron chi connectivity index (χ1n) is 15.2. The second-order valence-corrected chi connectivity index (χ2v) is 11.6. The molecule has 0 atom stereocenters. The van der Waals surface area contributed by atoms with E-state index in [1.54, 1.807) is 0 Å². The summed E-state index contributed by atoms with van der Waals surface area (Å²) < 4.78 is 24.2. The first-order chi connectivity index (χ1) is 22.0. The molecule has 0 amide bonds. The van der Waals surface area contributed by atoms with Crippen LogP contribution in [0.15, 0.2) is 97.5 Å².